The minimum absolute atomic E-state index is 0.206. The third kappa shape index (κ3) is 4.05. The van der Waals surface area contributed by atoms with Gasteiger partial charge in [-0.15, -0.1) is 0 Å². The fourth-order valence-electron chi connectivity index (χ4n) is 3.53. The largest absolute Gasteiger partial charge is 0.315 e. The molecular weight excluding hydrogens is 326 g/mol. The highest BCUT2D eigenvalue weighted by Gasteiger charge is 2.37. The van der Waals surface area contributed by atoms with Crippen LogP contribution in [0.5, 0.6) is 0 Å². The lowest BCUT2D eigenvalue weighted by Crippen LogP contribution is -2.60. The van der Waals surface area contributed by atoms with Crippen molar-refractivity contribution in [2.75, 3.05) is 20.1 Å². The summed E-state index contributed by atoms with van der Waals surface area (Å²) in [6.07, 6.45) is 10.1. The van der Waals surface area contributed by atoms with E-state index in [4.69, 9.17) is 0 Å². The molecule has 0 aliphatic carbocycles. The fraction of sp³-hybridized carbons (Fsp3) is 0.706. The standard InChI is InChI=1S/C17H28BrN3/c1-4-17(2,21-8-6-5-7-9-21)16(19-3)11-14-10-15(18)13-20-12-14/h10,12-13,16,19H,4-9,11H2,1-3H3. The summed E-state index contributed by atoms with van der Waals surface area (Å²) >= 11 is 3.52. The van der Waals surface area contributed by atoms with Crippen LogP contribution in [-0.2, 0) is 6.42 Å². The first-order valence-electron chi connectivity index (χ1n) is 8.12. The Bertz CT molecular complexity index is 445. The first-order chi connectivity index (χ1) is 10.1. The Morgan fingerprint density at radius 3 is 2.62 bits per heavy atom. The zero-order chi connectivity index (χ0) is 15.3. The topological polar surface area (TPSA) is 28.2 Å². The third-order valence-electron chi connectivity index (χ3n) is 5.09. The van der Waals surface area contributed by atoms with Gasteiger partial charge >= 0.3 is 0 Å². The van der Waals surface area contributed by atoms with Crippen molar-refractivity contribution in [3.63, 3.8) is 0 Å². The van der Waals surface area contributed by atoms with Crippen molar-refractivity contribution in [3.05, 3.63) is 28.5 Å². The molecule has 1 fully saturated rings. The molecule has 0 bridgehead atoms. The number of nitrogens with zero attached hydrogens (tertiary/aromatic N) is 2. The minimum Gasteiger partial charge on any atom is -0.315 e. The lowest BCUT2D eigenvalue weighted by molar-refractivity contribution is 0.0452. The maximum Gasteiger partial charge on any atom is 0.0410 e. The number of rotatable bonds is 6. The van der Waals surface area contributed by atoms with Crippen LogP contribution in [0.2, 0.25) is 0 Å². The van der Waals surface area contributed by atoms with Gasteiger partial charge in [0.05, 0.1) is 0 Å². The fourth-order valence-corrected chi connectivity index (χ4v) is 3.94. The summed E-state index contributed by atoms with van der Waals surface area (Å²) in [4.78, 5) is 7.00. The van der Waals surface area contributed by atoms with Crippen LogP contribution in [0.15, 0.2) is 22.9 Å². The monoisotopic (exact) mass is 353 g/mol. The lowest BCUT2D eigenvalue weighted by atomic mass is 9.82. The molecule has 0 saturated carbocycles. The van der Waals surface area contributed by atoms with Crippen molar-refractivity contribution in [3.8, 4) is 0 Å². The quantitative estimate of drug-likeness (QED) is 0.846. The molecule has 1 aliphatic heterocycles. The maximum atomic E-state index is 4.30. The predicted octanol–water partition coefficient (Wildman–Crippen LogP) is 3.63. The molecular formula is C17H28BrN3. The molecule has 1 aromatic rings. The maximum absolute atomic E-state index is 4.30. The van der Waals surface area contributed by atoms with Crippen LogP contribution in [-0.4, -0.2) is 41.6 Å². The molecule has 0 radical (unpaired) electrons. The Balaban J connectivity index is 2.16. The highest BCUT2D eigenvalue weighted by atomic mass is 79.9. The van der Waals surface area contributed by atoms with Crippen LogP contribution in [0.25, 0.3) is 0 Å². The van der Waals surface area contributed by atoms with Crippen LogP contribution < -0.4 is 5.32 Å². The average molecular weight is 354 g/mol. The molecule has 2 atom stereocenters. The van der Waals surface area contributed by atoms with E-state index >= 15 is 0 Å². The van der Waals surface area contributed by atoms with Gasteiger partial charge in [-0.05, 0) is 80.3 Å². The number of hydrogen-bond donors (Lipinski definition) is 1. The van der Waals surface area contributed by atoms with Crippen LogP contribution >= 0.6 is 15.9 Å². The second-order valence-electron chi connectivity index (χ2n) is 6.32. The number of hydrogen-bond acceptors (Lipinski definition) is 3. The van der Waals surface area contributed by atoms with E-state index in [-0.39, 0.29) is 5.54 Å². The van der Waals surface area contributed by atoms with E-state index in [0.717, 1.165) is 10.9 Å². The first kappa shape index (κ1) is 16.9. The van der Waals surface area contributed by atoms with Gasteiger partial charge in [0.2, 0.25) is 0 Å². The Labute approximate surface area is 137 Å². The number of likely N-dealkylation sites (N-methyl/N-ethyl adjacent to an activating group) is 1. The second-order valence-corrected chi connectivity index (χ2v) is 7.23. The molecule has 21 heavy (non-hydrogen) atoms. The summed E-state index contributed by atoms with van der Waals surface area (Å²) in [5, 5.41) is 3.57. The Morgan fingerprint density at radius 1 is 1.33 bits per heavy atom. The van der Waals surface area contributed by atoms with Gasteiger partial charge in [0.1, 0.15) is 0 Å². The van der Waals surface area contributed by atoms with Crippen molar-refractivity contribution in [2.45, 2.75) is 57.5 Å². The molecule has 3 nitrogen and oxygen atoms in total. The molecule has 2 heterocycles. The third-order valence-corrected chi connectivity index (χ3v) is 5.53. The zero-order valence-electron chi connectivity index (χ0n) is 13.5. The molecule has 1 N–H and O–H groups in total. The van der Waals surface area contributed by atoms with Gasteiger partial charge in [-0.2, -0.15) is 0 Å². The van der Waals surface area contributed by atoms with Gasteiger partial charge in [0.25, 0.3) is 0 Å². The summed E-state index contributed by atoms with van der Waals surface area (Å²) in [5.41, 5.74) is 1.50. The van der Waals surface area contributed by atoms with Crippen molar-refractivity contribution >= 4 is 15.9 Å². The number of pyridine rings is 1. The second kappa shape index (κ2) is 7.70. The molecule has 0 aromatic carbocycles. The van der Waals surface area contributed by atoms with Crippen LogP contribution in [0.3, 0.4) is 0 Å². The summed E-state index contributed by atoms with van der Waals surface area (Å²) < 4.78 is 1.06. The summed E-state index contributed by atoms with van der Waals surface area (Å²) in [6.45, 7) is 7.21. The SMILES string of the molecule is CCC(C)(C(Cc1cncc(Br)c1)NC)N1CCCCC1. The normalized spacial score (nSPS) is 21.0. The predicted molar refractivity (Wildman–Crippen MR) is 92.6 cm³/mol. The van der Waals surface area contributed by atoms with E-state index in [2.05, 4.69) is 58.1 Å². The number of nitrogens with one attached hydrogen (secondary N) is 1. The molecule has 0 amide bonds. The molecule has 4 heteroatoms. The zero-order valence-corrected chi connectivity index (χ0v) is 15.1. The molecule has 1 saturated heterocycles. The van der Waals surface area contributed by atoms with Crippen molar-refractivity contribution in [1.82, 2.24) is 15.2 Å². The average Bonchev–Trinajstić information content (AvgIpc) is 2.53. The summed E-state index contributed by atoms with van der Waals surface area (Å²) in [6, 6.07) is 2.63. The molecule has 0 spiro atoms. The van der Waals surface area contributed by atoms with Crippen LogP contribution in [0.4, 0.5) is 0 Å². The van der Waals surface area contributed by atoms with Gasteiger partial charge in [0.15, 0.2) is 0 Å². The minimum atomic E-state index is 0.206. The molecule has 2 rings (SSSR count). The van der Waals surface area contributed by atoms with Gasteiger partial charge in [-0.3, -0.25) is 9.88 Å². The Hall–Kier alpha value is -0.450. The smallest absolute Gasteiger partial charge is 0.0410 e. The van der Waals surface area contributed by atoms with Crippen LogP contribution in [0.1, 0.15) is 45.1 Å². The Morgan fingerprint density at radius 2 is 2.05 bits per heavy atom. The Kier molecular flexibility index (Phi) is 6.20. The summed E-state index contributed by atoms with van der Waals surface area (Å²) in [5.74, 6) is 0. The molecule has 118 valence electrons. The van der Waals surface area contributed by atoms with Gasteiger partial charge in [-0.25, -0.2) is 0 Å². The van der Waals surface area contributed by atoms with Gasteiger partial charge < -0.3 is 5.32 Å². The van der Waals surface area contributed by atoms with Crippen LogP contribution in [0, 0.1) is 0 Å². The molecule has 1 aliphatic rings. The van der Waals surface area contributed by atoms with E-state index in [0.29, 0.717) is 6.04 Å². The van der Waals surface area contributed by atoms with Crippen molar-refractivity contribution in [1.29, 1.82) is 0 Å². The molecule has 1 aromatic heterocycles. The number of halogens is 1. The van der Waals surface area contributed by atoms with E-state index < -0.39 is 0 Å². The first-order valence-corrected chi connectivity index (χ1v) is 8.91. The van der Waals surface area contributed by atoms with E-state index in [1.807, 2.05) is 12.4 Å². The number of aromatic nitrogens is 1. The number of likely N-dealkylation sites (tertiary alicyclic amines) is 1. The lowest BCUT2D eigenvalue weighted by Gasteiger charge is -2.48. The van der Waals surface area contributed by atoms with Gasteiger partial charge in [-0.1, -0.05) is 13.3 Å². The number of piperidine rings is 1. The highest BCUT2D eigenvalue weighted by molar-refractivity contribution is 9.10. The van der Waals surface area contributed by atoms with Crippen molar-refractivity contribution in [2.24, 2.45) is 0 Å². The van der Waals surface area contributed by atoms with E-state index in [9.17, 15) is 0 Å². The molecule has 2 unspecified atom stereocenters. The van der Waals surface area contributed by atoms with E-state index in [1.165, 1.54) is 44.3 Å². The summed E-state index contributed by atoms with van der Waals surface area (Å²) in [7, 11) is 2.09. The van der Waals surface area contributed by atoms with Gasteiger partial charge in [0, 0.05) is 28.4 Å². The van der Waals surface area contributed by atoms with E-state index in [1.54, 1.807) is 0 Å². The van der Waals surface area contributed by atoms with Crippen molar-refractivity contribution < 1.29 is 0 Å². The highest BCUT2D eigenvalue weighted by Crippen LogP contribution is 2.29.